The second-order valence-electron chi connectivity index (χ2n) is 6.81. The Bertz CT molecular complexity index is 908. The Hall–Kier alpha value is -2.60. The van der Waals surface area contributed by atoms with Gasteiger partial charge in [-0.15, -0.1) is 0 Å². The van der Waals surface area contributed by atoms with Gasteiger partial charge in [-0.2, -0.15) is 0 Å². The summed E-state index contributed by atoms with van der Waals surface area (Å²) in [6.45, 7) is 1.26. The first-order chi connectivity index (χ1) is 12.8. The Morgan fingerprint density at radius 1 is 1.00 bits per heavy atom. The summed E-state index contributed by atoms with van der Waals surface area (Å²) in [5.41, 5.74) is 6.06. The van der Waals surface area contributed by atoms with Crippen LogP contribution in [0, 0.1) is 0 Å². The van der Waals surface area contributed by atoms with E-state index in [0.717, 1.165) is 59.3 Å². The number of hydrogen-bond acceptors (Lipinski definition) is 5. The van der Waals surface area contributed by atoms with E-state index in [1.54, 1.807) is 21.3 Å². The molecule has 2 heterocycles. The molecule has 0 saturated heterocycles. The molecular weight excluding hydrogens is 334 g/mol. The van der Waals surface area contributed by atoms with E-state index in [4.69, 9.17) is 23.7 Å². The largest absolute Gasteiger partial charge is 0.493 e. The maximum absolute atomic E-state index is 5.91. The van der Waals surface area contributed by atoms with Gasteiger partial charge in [0, 0.05) is 29.5 Å². The van der Waals surface area contributed by atoms with Gasteiger partial charge in [0.05, 0.1) is 27.9 Å². The van der Waals surface area contributed by atoms with Crippen molar-refractivity contribution in [3.63, 3.8) is 0 Å². The number of fused-ring (bicyclic) bond motifs is 4. The monoisotopic (exact) mass is 356 g/mol. The maximum Gasteiger partial charge on any atom is 0.231 e. The van der Waals surface area contributed by atoms with Crippen LogP contribution in [0.2, 0.25) is 0 Å². The Kier molecular flexibility index (Phi) is 3.43. The maximum atomic E-state index is 5.91. The summed E-state index contributed by atoms with van der Waals surface area (Å²) in [6, 6.07) is 4.50. The highest BCUT2D eigenvalue weighted by atomic mass is 16.7. The van der Waals surface area contributed by atoms with Gasteiger partial charge >= 0.3 is 0 Å². The van der Waals surface area contributed by atoms with Crippen LogP contribution in [-0.4, -0.2) is 34.7 Å². The van der Waals surface area contributed by atoms with Gasteiger partial charge in [-0.1, -0.05) is 0 Å². The molecule has 0 aromatic heterocycles. The summed E-state index contributed by atoms with van der Waals surface area (Å²) >= 11 is 0. The lowest BCUT2D eigenvalue weighted by Crippen LogP contribution is -2.87. The molecule has 6 nitrogen and oxygen atoms in total. The molecule has 2 N–H and O–H groups in total. The Morgan fingerprint density at radius 2 is 1.77 bits per heavy atom. The fourth-order valence-corrected chi connectivity index (χ4v) is 4.60. The highest BCUT2D eigenvalue weighted by Crippen LogP contribution is 2.57. The smallest absolute Gasteiger partial charge is 0.231 e. The minimum atomic E-state index is 0.221. The fraction of sp³-hybridized carbons (Fsp3) is 0.400. The zero-order valence-corrected chi connectivity index (χ0v) is 15.2. The summed E-state index contributed by atoms with van der Waals surface area (Å²) in [7, 11) is 5.04. The molecule has 136 valence electrons. The summed E-state index contributed by atoms with van der Waals surface area (Å²) in [6.07, 6.45) is 1.90. The van der Waals surface area contributed by atoms with Crippen molar-refractivity contribution in [2.45, 2.75) is 18.9 Å². The first-order valence-electron chi connectivity index (χ1n) is 8.87. The number of benzene rings is 2. The molecular formula is C20H22NO5+. The molecule has 1 aliphatic carbocycles. The van der Waals surface area contributed by atoms with E-state index in [1.165, 1.54) is 16.7 Å². The second kappa shape index (κ2) is 5.71. The standard InChI is InChI=1S/C20H21NO5/c1-22-14-7-10-6-13-16-11(4-5-21-13)18(24-3)20-19(25-9-26-20)17(16)12(10)8-15(14)23-2/h7-8,13,21H,4-6,9H2,1-3H3/p+1/t13-/m0/s1. The topological polar surface area (TPSA) is 62.8 Å². The summed E-state index contributed by atoms with van der Waals surface area (Å²) in [4.78, 5) is 0. The van der Waals surface area contributed by atoms with Crippen LogP contribution in [0.15, 0.2) is 12.1 Å². The molecule has 2 aromatic carbocycles. The summed E-state index contributed by atoms with van der Waals surface area (Å²) in [5, 5.41) is 2.41. The molecule has 0 unspecified atom stereocenters. The van der Waals surface area contributed by atoms with Crippen LogP contribution >= 0.6 is 0 Å². The number of hydrogen-bond donors (Lipinski definition) is 1. The molecule has 0 spiro atoms. The molecule has 3 aliphatic rings. The van der Waals surface area contributed by atoms with Gasteiger partial charge in [-0.3, -0.25) is 0 Å². The third-order valence-electron chi connectivity index (χ3n) is 5.65. The molecule has 0 amide bonds. The second-order valence-corrected chi connectivity index (χ2v) is 6.81. The first-order valence-corrected chi connectivity index (χ1v) is 8.87. The van der Waals surface area contributed by atoms with E-state index in [0.29, 0.717) is 6.04 Å². The van der Waals surface area contributed by atoms with Crippen molar-refractivity contribution in [3.8, 4) is 39.9 Å². The highest BCUT2D eigenvalue weighted by molar-refractivity contribution is 5.87. The lowest BCUT2D eigenvalue weighted by Gasteiger charge is -2.33. The molecule has 2 aliphatic heterocycles. The van der Waals surface area contributed by atoms with Gasteiger partial charge < -0.3 is 29.0 Å². The van der Waals surface area contributed by atoms with Crippen LogP contribution in [0.3, 0.4) is 0 Å². The summed E-state index contributed by atoms with van der Waals surface area (Å²) in [5.74, 6) is 3.83. The van der Waals surface area contributed by atoms with Gasteiger partial charge in [0.15, 0.2) is 23.0 Å². The normalized spacial score (nSPS) is 18.8. The lowest BCUT2D eigenvalue weighted by atomic mass is 9.76. The SMILES string of the molecule is COc1cc2c(cc1OC)-c1c3c(c(OC)c4c1[C@H](C2)[NH2+]CC4)OCO3. The minimum absolute atomic E-state index is 0.221. The molecule has 1 atom stereocenters. The molecule has 0 bridgehead atoms. The molecule has 5 rings (SSSR count). The average Bonchev–Trinajstić information content (AvgIpc) is 3.16. The minimum Gasteiger partial charge on any atom is -0.493 e. The van der Waals surface area contributed by atoms with E-state index in [1.807, 2.05) is 0 Å². The Balaban J connectivity index is 1.85. The average molecular weight is 356 g/mol. The van der Waals surface area contributed by atoms with E-state index in [2.05, 4.69) is 17.4 Å². The molecule has 6 heteroatoms. The predicted octanol–water partition coefficient (Wildman–Crippen LogP) is 1.82. The Morgan fingerprint density at radius 3 is 2.54 bits per heavy atom. The molecule has 2 aromatic rings. The number of ether oxygens (including phenoxy) is 5. The Labute approximate surface area is 152 Å². The van der Waals surface area contributed by atoms with Crippen molar-refractivity contribution in [1.82, 2.24) is 0 Å². The predicted molar refractivity (Wildman–Crippen MR) is 94.6 cm³/mol. The van der Waals surface area contributed by atoms with Crippen LogP contribution in [-0.2, 0) is 12.8 Å². The van der Waals surface area contributed by atoms with E-state index >= 15 is 0 Å². The zero-order valence-electron chi connectivity index (χ0n) is 15.2. The fourth-order valence-electron chi connectivity index (χ4n) is 4.60. The first kappa shape index (κ1) is 15.6. The van der Waals surface area contributed by atoms with E-state index in [9.17, 15) is 0 Å². The van der Waals surface area contributed by atoms with Gasteiger partial charge in [0.25, 0.3) is 0 Å². The van der Waals surface area contributed by atoms with Gasteiger partial charge in [0.2, 0.25) is 12.5 Å². The number of quaternary nitrogens is 1. The van der Waals surface area contributed by atoms with Crippen molar-refractivity contribution in [2.75, 3.05) is 34.7 Å². The third kappa shape index (κ3) is 1.96. The van der Waals surface area contributed by atoms with E-state index < -0.39 is 0 Å². The molecule has 0 radical (unpaired) electrons. The van der Waals surface area contributed by atoms with Crippen molar-refractivity contribution >= 4 is 0 Å². The van der Waals surface area contributed by atoms with Gasteiger partial charge in [0.1, 0.15) is 6.04 Å². The van der Waals surface area contributed by atoms with Crippen LogP contribution in [0.5, 0.6) is 28.7 Å². The number of nitrogens with two attached hydrogens (primary N) is 1. The molecule has 26 heavy (non-hydrogen) atoms. The number of methoxy groups -OCH3 is 3. The molecule has 0 saturated carbocycles. The highest BCUT2D eigenvalue weighted by Gasteiger charge is 2.41. The van der Waals surface area contributed by atoms with Crippen molar-refractivity contribution in [1.29, 1.82) is 0 Å². The van der Waals surface area contributed by atoms with Crippen molar-refractivity contribution in [3.05, 3.63) is 28.8 Å². The molecule has 0 fully saturated rings. The zero-order chi connectivity index (χ0) is 17.8. The van der Waals surface area contributed by atoms with Crippen molar-refractivity contribution in [2.24, 2.45) is 0 Å². The van der Waals surface area contributed by atoms with Crippen LogP contribution in [0.4, 0.5) is 0 Å². The van der Waals surface area contributed by atoms with E-state index in [-0.39, 0.29) is 6.79 Å². The third-order valence-corrected chi connectivity index (χ3v) is 5.65. The van der Waals surface area contributed by atoms with Crippen molar-refractivity contribution < 1.29 is 29.0 Å². The quantitative estimate of drug-likeness (QED) is 0.909. The summed E-state index contributed by atoms with van der Waals surface area (Å²) < 4.78 is 28.5. The van der Waals surface area contributed by atoms with Gasteiger partial charge in [-0.05, 0) is 23.3 Å². The lowest BCUT2D eigenvalue weighted by molar-refractivity contribution is -0.698. The van der Waals surface area contributed by atoms with Gasteiger partial charge in [-0.25, -0.2) is 0 Å². The van der Waals surface area contributed by atoms with Crippen LogP contribution < -0.4 is 29.0 Å². The van der Waals surface area contributed by atoms with Crippen LogP contribution in [0.1, 0.15) is 22.7 Å². The number of rotatable bonds is 3. The van der Waals surface area contributed by atoms with Crippen LogP contribution in [0.25, 0.3) is 11.1 Å².